The highest BCUT2D eigenvalue weighted by Gasteiger charge is 2.21. The van der Waals surface area contributed by atoms with Crippen LogP contribution in [0.25, 0.3) is 44.4 Å². The summed E-state index contributed by atoms with van der Waals surface area (Å²) in [6.07, 6.45) is 5.65. The van der Waals surface area contributed by atoms with Crippen LogP contribution in [0.15, 0.2) is 150 Å². The highest BCUT2D eigenvalue weighted by atomic mass is 32.2. The Hall–Kier alpha value is -5.99. The molecule has 0 unspecified atom stereocenters. The van der Waals surface area contributed by atoms with E-state index in [1.807, 2.05) is 73.5 Å². The second-order valence-electron chi connectivity index (χ2n) is 13.2. The first-order chi connectivity index (χ1) is 24.7. The van der Waals surface area contributed by atoms with Crippen LogP contribution in [0.1, 0.15) is 36.5 Å². The fraction of sp³-hybridized carbons (Fsp3) is 0.116. The molecular formula is C43H36N4O3S. The zero-order chi connectivity index (χ0) is 35.3. The summed E-state index contributed by atoms with van der Waals surface area (Å²) < 4.78 is 37.1. The average Bonchev–Trinajstić information content (AvgIpc) is 3.75. The van der Waals surface area contributed by atoms with Crippen molar-refractivity contribution in [3.05, 3.63) is 157 Å². The summed E-state index contributed by atoms with van der Waals surface area (Å²) in [5.41, 5.74) is 7.75. The number of hydrogen-bond donors (Lipinski definition) is 0. The first-order valence-electron chi connectivity index (χ1n) is 16.9. The smallest absolute Gasteiger partial charge is 0.206 e. The predicted octanol–water partition coefficient (Wildman–Crippen LogP) is 10.4. The summed E-state index contributed by atoms with van der Waals surface area (Å²) in [6.45, 7) is 8.25. The first-order valence-corrected chi connectivity index (χ1v) is 18.4. The summed E-state index contributed by atoms with van der Waals surface area (Å²) >= 11 is 0. The van der Waals surface area contributed by atoms with E-state index < -0.39 is 9.84 Å². The lowest BCUT2D eigenvalue weighted by atomic mass is 9.98. The monoisotopic (exact) mass is 688 g/mol. The molecule has 8 rings (SSSR count). The fourth-order valence-corrected chi connectivity index (χ4v) is 8.32. The van der Waals surface area contributed by atoms with Crippen LogP contribution in [0, 0.1) is 13.8 Å². The van der Waals surface area contributed by atoms with Gasteiger partial charge in [0.15, 0.2) is 0 Å². The Morgan fingerprint density at radius 1 is 0.686 bits per heavy atom. The van der Waals surface area contributed by atoms with Crippen LogP contribution in [-0.4, -0.2) is 27.7 Å². The van der Waals surface area contributed by atoms with Crippen molar-refractivity contribution in [2.45, 2.75) is 43.4 Å². The van der Waals surface area contributed by atoms with Crippen molar-refractivity contribution in [2.75, 3.05) is 0 Å². The number of hydrogen-bond acceptors (Lipinski definition) is 5. The number of sulfone groups is 1. The van der Waals surface area contributed by atoms with E-state index >= 15 is 0 Å². The predicted molar refractivity (Wildman–Crippen MR) is 203 cm³/mol. The van der Waals surface area contributed by atoms with Gasteiger partial charge in [0.2, 0.25) is 9.84 Å². The Bertz CT molecular complexity index is 2670. The standard InChI is InChI=1S/C43H36N4O3S/c1-28(2)31-19-20-44-42(23-31)47-40-16-9-8-15-38(40)39-18-17-35(25-41(39)47)50-34-12-10-11-33(24-34)46-27-32(26-45-46)43-29(3)21-37(22-30(43)4)51(48,49)36-13-6-5-7-14-36/h5-28H,1-4H3. The molecule has 5 aromatic carbocycles. The van der Waals surface area contributed by atoms with Gasteiger partial charge < -0.3 is 4.74 Å². The van der Waals surface area contributed by atoms with Gasteiger partial charge in [-0.3, -0.25) is 4.57 Å². The number of aromatic nitrogens is 4. The maximum atomic E-state index is 13.3. The molecular weight excluding hydrogens is 653 g/mol. The van der Waals surface area contributed by atoms with Gasteiger partial charge in [0.1, 0.15) is 17.3 Å². The lowest BCUT2D eigenvalue weighted by Gasteiger charge is -2.12. The number of ether oxygens (including phenoxy) is 1. The van der Waals surface area contributed by atoms with Crippen molar-refractivity contribution in [3.8, 4) is 34.1 Å². The number of nitrogens with zero attached hydrogens (tertiary/aromatic N) is 4. The minimum Gasteiger partial charge on any atom is -0.457 e. The second kappa shape index (κ2) is 12.7. The Kier molecular flexibility index (Phi) is 8.04. The third-order valence-electron chi connectivity index (χ3n) is 9.37. The molecule has 0 aliphatic carbocycles. The number of aryl methyl sites for hydroxylation is 2. The zero-order valence-electron chi connectivity index (χ0n) is 28.8. The van der Waals surface area contributed by atoms with Crippen molar-refractivity contribution in [1.29, 1.82) is 0 Å². The molecule has 0 radical (unpaired) electrons. The summed E-state index contributed by atoms with van der Waals surface area (Å²) in [7, 11) is -3.63. The van der Waals surface area contributed by atoms with Crippen LogP contribution in [-0.2, 0) is 9.84 Å². The van der Waals surface area contributed by atoms with E-state index in [-0.39, 0.29) is 9.79 Å². The maximum absolute atomic E-state index is 13.3. The molecule has 3 aromatic heterocycles. The SMILES string of the molecule is Cc1cc(S(=O)(=O)c2ccccc2)cc(C)c1-c1cnn(-c2cccc(Oc3ccc4c5ccccc5n(-c5cc(C(C)C)ccn5)c4c3)c2)c1. The summed E-state index contributed by atoms with van der Waals surface area (Å²) in [5.74, 6) is 2.64. The lowest BCUT2D eigenvalue weighted by Crippen LogP contribution is -2.03. The van der Waals surface area contributed by atoms with E-state index in [0.717, 1.165) is 55.6 Å². The largest absolute Gasteiger partial charge is 0.457 e. The molecule has 0 saturated heterocycles. The van der Waals surface area contributed by atoms with Gasteiger partial charge in [-0.25, -0.2) is 18.1 Å². The van der Waals surface area contributed by atoms with Crippen LogP contribution >= 0.6 is 0 Å². The van der Waals surface area contributed by atoms with E-state index in [1.165, 1.54) is 5.56 Å². The first kappa shape index (κ1) is 32.2. The summed E-state index contributed by atoms with van der Waals surface area (Å²) in [5, 5.41) is 6.96. The van der Waals surface area contributed by atoms with Crippen molar-refractivity contribution >= 4 is 31.6 Å². The molecule has 0 N–H and O–H groups in total. The molecule has 0 fully saturated rings. The molecule has 51 heavy (non-hydrogen) atoms. The Morgan fingerprint density at radius 2 is 1.41 bits per heavy atom. The van der Waals surface area contributed by atoms with Gasteiger partial charge in [-0.05, 0) is 109 Å². The number of fused-ring (bicyclic) bond motifs is 3. The summed E-state index contributed by atoms with van der Waals surface area (Å²) in [4.78, 5) is 5.33. The molecule has 0 bridgehead atoms. The third-order valence-corrected chi connectivity index (χ3v) is 11.1. The Balaban J connectivity index is 1.10. The van der Waals surface area contributed by atoms with Crippen molar-refractivity contribution in [3.63, 3.8) is 0 Å². The molecule has 7 nitrogen and oxygen atoms in total. The van der Waals surface area contributed by atoms with Crippen LogP contribution in [0.5, 0.6) is 11.5 Å². The minimum atomic E-state index is -3.63. The molecule has 0 aliphatic heterocycles. The molecule has 0 aliphatic rings. The van der Waals surface area contributed by atoms with Crippen LogP contribution < -0.4 is 4.74 Å². The number of benzene rings is 5. The number of pyridine rings is 1. The highest BCUT2D eigenvalue weighted by Crippen LogP contribution is 2.36. The van der Waals surface area contributed by atoms with E-state index in [9.17, 15) is 8.42 Å². The fourth-order valence-electron chi connectivity index (χ4n) is 6.86. The second-order valence-corrected chi connectivity index (χ2v) is 15.1. The molecule has 252 valence electrons. The normalized spacial score (nSPS) is 11.9. The Morgan fingerprint density at radius 3 is 2.20 bits per heavy atom. The number of rotatable bonds is 8. The number of para-hydroxylation sites is 1. The van der Waals surface area contributed by atoms with Crippen molar-refractivity contribution in [1.82, 2.24) is 19.3 Å². The van der Waals surface area contributed by atoms with Gasteiger partial charge in [-0.2, -0.15) is 5.10 Å². The van der Waals surface area contributed by atoms with Gasteiger partial charge in [0.25, 0.3) is 0 Å². The van der Waals surface area contributed by atoms with Gasteiger partial charge in [-0.15, -0.1) is 0 Å². The van der Waals surface area contributed by atoms with E-state index in [4.69, 9.17) is 9.72 Å². The maximum Gasteiger partial charge on any atom is 0.206 e. The van der Waals surface area contributed by atoms with Gasteiger partial charge in [-0.1, -0.05) is 56.3 Å². The minimum absolute atomic E-state index is 0.280. The van der Waals surface area contributed by atoms with Crippen molar-refractivity contribution < 1.29 is 13.2 Å². The Labute approximate surface area is 297 Å². The van der Waals surface area contributed by atoms with E-state index in [1.54, 1.807) is 36.4 Å². The highest BCUT2D eigenvalue weighted by molar-refractivity contribution is 7.91. The molecule has 0 saturated carbocycles. The summed E-state index contributed by atoms with van der Waals surface area (Å²) in [6, 6.07) is 38.6. The topological polar surface area (TPSA) is 79.0 Å². The quantitative estimate of drug-likeness (QED) is 0.159. The van der Waals surface area contributed by atoms with Crippen molar-refractivity contribution in [2.24, 2.45) is 0 Å². The van der Waals surface area contributed by atoms with E-state index in [2.05, 4.69) is 72.0 Å². The molecule has 8 aromatic rings. The van der Waals surface area contributed by atoms with Crippen LogP contribution in [0.3, 0.4) is 0 Å². The van der Waals surface area contributed by atoms with E-state index in [0.29, 0.717) is 17.4 Å². The van der Waals surface area contributed by atoms with Gasteiger partial charge in [0.05, 0.1) is 32.7 Å². The molecule has 3 heterocycles. The zero-order valence-corrected chi connectivity index (χ0v) is 29.6. The molecule has 0 amide bonds. The third kappa shape index (κ3) is 5.87. The lowest BCUT2D eigenvalue weighted by molar-refractivity contribution is 0.483. The van der Waals surface area contributed by atoms with Crippen LogP contribution in [0.2, 0.25) is 0 Å². The molecule has 0 spiro atoms. The average molecular weight is 689 g/mol. The van der Waals surface area contributed by atoms with Crippen LogP contribution in [0.4, 0.5) is 0 Å². The van der Waals surface area contributed by atoms with Gasteiger partial charge in [0, 0.05) is 40.9 Å². The molecule has 0 atom stereocenters. The molecule has 8 heteroatoms. The van der Waals surface area contributed by atoms with Gasteiger partial charge >= 0.3 is 0 Å².